The molecule has 0 radical (unpaired) electrons. The van der Waals surface area contributed by atoms with Gasteiger partial charge in [-0.15, -0.1) is 0 Å². The maximum atomic E-state index is 8.19. The van der Waals surface area contributed by atoms with Crippen LogP contribution < -0.4 is 0 Å². The molecular formula is C4H8OU. The molecule has 0 rings (SSSR count). The fraction of sp³-hybridized carbons (Fsp3) is 0.500. The van der Waals surface area contributed by atoms with E-state index in [-0.39, 0.29) is 31.1 Å². The molecule has 0 heterocycles. The van der Waals surface area contributed by atoms with E-state index < -0.39 is 6.10 Å². The summed E-state index contributed by atoms with van der Waals surface area (Å²) in [7, 11) is 0. The summed E-state index contributed by atoms with van der Waals surface area (Å²) < 4.78 is 0. The largest absolute Gasteiger partial charge is 2.00 e. The molecule has 0 amide bonds. The summed E-state index contributed by atoms with van der Waals surface area (Å²) in [4.78, 5) is 0. The third kappa shape index (κ3) is 8.89. The summed E-state index contributed by atoms with van der Waals surface area (Å²) in [6, 6.07) is 0. The van der Waals surface area contributed by atoms with E-state index in [1.165, 1.54) is 0 Å². The molecular weight excluding hydrogens is 302 g/mol. The minimum atomic E-state index is -0.477. The van der Waals surface area contributed by atoms with Gasteiger partial charge in [-0.05, 0) is 0 Å². The summed E-state index contributed by atoms with van der Waals surface area (Å²) in [5.74, 6) is 0. The third-order valence-electron chi connectivity index (χ3n) is 0.333. The Hall–Kier alpha value is 1.01. The van der Waals surface area contributed by atoms with Gasteiger partial charge in [-0.1, -0.05) is 6.10 Å². The second-order valence-electron chi connectivity index (χ2n) is 0.942. The van der Waals surface area contributed by atoms with Gasteiger partial charge in [0.1, 0.15) is 0 Å². The van der Waals surface area contributed by atoms with Gasteiger partial charge >= 0.3 is 31.1 Å². The van der Waals surface area contributed by atoms with Gasteiger partial charge in [-0.2, -0.15) is 6.42 Å². The third-order valence-corrected chi connectivity index (χ3v) is 0.333. The summed E-state index contributed by atoms with van der Waals surface area (Å²) in [5.41, 5.74) is 0. The Morgan fingerprint density at radius 3 is 1.83 bits per heavy atom. The van der Waals surface area contributed by atoms with Crippen molar-refractivity contribution in [2.45, 2.75) is 12.5 Å². The van der Waals surface area contributed by atoms with Gasteiger partial charge in [0.05, 0.1) is 0 Å². The molecule has 1 N–H and O–H groups in total. The number of hydrogen-bond donors (Lipinski definition) is 1. The van der Waals surface area contributed by atoms with Crippen LogP contribution in [0.4, 0.5) is 0 Å². The van der Waals surface area contributed by atoms with E-state index in [4.69, 9.17) is 5.11 Å². The number of aliphatic hydroxyl groups excluding tert-OH is 1. The van der Waals surface area contributed by atoms with Crippen molar-refractivity contribution < 1.29 is 36.2 Å². The van der Waals surface area contributed by atoms with E-state index in [1.54, 1.807) is 0 Å². The van der Waals surface area contributed by atoms with E-state index in [0.29, 0.717) is 6.42 Å². The molecule has 0 aliphatic carbocycles. The maximum absolute atomic E-state index is 8.19. The molecule has 0 aliphatic rings. The van der Waals surface area contributed by atoms with Crippen LogP contribution in [0.15, 0.2) is 0 Å². The first-order valence-electron chi connectivity index (χ1n) is 1.57. The van der Waals surface area contributed by atoms with E-state index in [2.05, 4.69) is 13.8 Å². The molecule has 0 bridgehead atoms. The zero-order valence-corrected chi connectivity index (χ0v) is 7.81. The Bertz CT molecular complexity index is 21.5. The first-order valence-corrected chi connectivity index (χ1v) is 1.57. The van der Waals surface area contributed by atoms with E-state index in [9.17, 15) is 0 Å². The van der Waals surface area contributed by atoms with Crippen molar-refractivity contribution in [3.05, 3.63) is 13.8 Å². The van der Waals surface area contributed by atoms with Crippen molar-refractivity contribution >= 4 is 0 Å². The van der Waals surface area contributed by atoms with Crippen molar-refractivity contribution in [1.82, 2.24) is 0 Å². The average Bonchev–Trinajstić information content (AvgIpc) is 1.38. The fourth-order valence-corrected chi connectivity index (χ4v) is 0. The van der Waals surface area contributed by atoms with Gasteiger partial charge < -0.3 is 19.0 Å². The SMILES string of the molecule is [CH2-]CC([CH2-])O.[U+2]. The van der Waals surface area contributed by atoms with Crippen LogP contribution in [-0.4, -0.2) is 11.2 Å². The van der Waals surface area contributed by atoms with Crippen molar-refractivity contribution in [3.63, 3.8) is 0 Å². The summed E-state index contributed by atoms with van der Waals surface area (Å²) in [6.45, 7) is 6.62. The molecule has 0 fully saturated rings. The van der Waals surface area contributed by atoms with Gasteiger partial charge in [0.15, 0.2) is 0 Å². The van der Waals surface area contributed by atoms with Gasteiger partial charge in [0.25, 0.3) is 0 Å². The van der Waals surface area contributed by atoms with Crippen LogP contribution in [0.3, 0.4) is 0 Å². The molecule has 6 heavy (non-hydrogen) atoms. The Morgan fingerprint density at radius 2 is 1.83 bits per heavy atom. The molecule has 2 heteroatoms. The number of rotatable bonds is 1. The Kier molecular flexibility index (Phi) is 10.1. The smallest absolute Gasteiger partial charge is 0.428 e. The molecule has 0 saturated heterocycles. The maximum Gasteiger partial charge on any atom is 2.00 e. The van der Waals surface area contributed by atoms with Gasteiger partial charge in [0.2, 0.25) is 0 Å². The van der Waals surface area contributed by atoms with Crippen LogP contribution in [0, 0.1) is 45.0 Å². The second kappa shape index (κ2) is 6.01. The van der Waals surface area contributed by atoms with Crippen LogP contribution in [0.5, 0.6) is 0 Å². The zero-order chi connectivity index (χ0) is 4.28. The fourth-order valence-electron chi connectivity index (χ4n) is 0. The molecule has 1 nitrogen and oxygen atoms in total. The molecule has 0 aromatic rings. The normalized spacial score (nSPS) is 12.5. The van der Waals surface area contributed by atoms with Crippen molar-refractivity contribution in [2.75, 3.05) is 0 Å². The Labute approximate surface area is 62.5 Å². The van der Waals surface area contributed by atoms with Gasteiger partial charge in [-0.3, -0.25) is 0 Å². The molecule has 0 spiro atoms. The van der Waals surface area contributed by atoms with Crippen LogP contribution >= 0.6 is 0 Å². The summed E-state index contributed by atoms with van der Waals surface area (Å²) in [6.07, 6.45) is 0.0231. The molecule has 0 aromatic carbocycles. The molecule has 0 aliphatic heterocycles. The number of hydrogen-bond acceptors (Lipinski definition) is 1. The monoisotopic (exact) mass is 310 g/mol. The molecule has 1 unspecified atom stereocenters. The molecule has 1 atom stereocenters. The predicted octanol–water partition coefficient (Wildman–Crippen LogP) is 0.406. The minimum Gasteiger partial charge on any atom is -0.428 e. The average molecular weight is 310 g/mol. The van der Waals surface area contributed by atoms with E-state index >= 15 is 0 Å². The molecule has 34 valence electrons. The Balaban J connectivity index is 0. The van der Waals surface area contributed by atoms with Crippen molar-refractivity contribution in [1.29, 1.82) is 0 Å². The quantitative estimate of drug-likeness (QED) is 0.696. The summed E-state index contributed by atoms with van der Waals surface area (Å²) >= 11 is 0. The van der Waals surface area contributed by atoms with Crippen molar-refractivity contribution in [3.8, 4) is 0 Å². The standard InChI is InChI=1S/C4H8O.U/c1-3-4(2)5;/h4-5H,1-3H2;/q-2;+2. The zero-order valence-electron chi connectivity index (χ0n) is 3.65. The second-order valence-corrected chi connectivity index (χ2v) is 0.942. The van der Waals surface area contributed by atoms with E-state index in [1.807, 2.05) is 0 Å². The first-order chi connectivity index (χ1) is 2.27. The first kappa shape index (κ1) is 10.1. The van der Waals surface area contributed by atoms with Crippen LogP contribution in [0.2, 0.25) is 0 Å². The van der Waals surface area contributed by atoms with Crippen molar-refractivity contribution in [2.24, 2.45) is 0 Å². The Morgan fingerprint density at radius 1 is 1.67 bits per heavy atom. The molecule has 0 saturated carbocycles. The van der Waals surface area contributed by atoms with E-state index in [0.717, 1.165) is 0 Å². The van der Waals surface area contributed by atoms with Crippen LogP contribution in [0.25, 0.3) is 0 Å². The van der Waals surface area contributed by atoms with Gasteiger partial charge in [0, 0.05) is 0 Å². The summed E-state index contributed by atoms with van der Waals surface area (Å²) in [5, 5.41) is 8.19. The van der Waals surface area contributed by atoms with Crippen LogP contribution in [-0.2, 0) is 0 Å². The molecule has 0 aromatic heterocycles. The van der Waals surface area contributed by atoms with Crippen LogP contribution in [0.1, 0.15) is 6.42 Å². The van der Waals surface area contributed by atoms with Gasteiger partial charge in [-0.25, -0.2) is 0 Å². The predicted molar refractivity (Wildman–Crippen MR) is 21.3 cm³/mol. The number of aliphatic hydroxyl groups is 1. The topological polar surface area (TPSA) is 20.2 Å². The minimum absolute atomic E-state index is 0.